The Morgan fingerprint density at radius 1 is 1.29 bits per heavy atom. The van der Waals surface area contributed by atoms with Gasteiger partial charge in [-0.3, -0.25) is 0 Å². The fourth-order valence-electron chi connectivity index (χ4n) is 1.41. The van der Waals surface area contributed by atoms with Gasteiger partial charge in [-0.2, -0.15) is 0 Å². The van der Waals surface area contributed by atoms with Crippen molar-refractivity contribution in [2.45, 2.75) is 6.04 Å². The number of benzene rings is 1. The zero-order valence-electron chi connectivity index (χ0n) is 7.64. The van der Waals surface area contributed by atoms with Crippen LogP contribution in [-0.4, -0.2) is 6.54 Å². The van der Waals surface area contributed by atoms with Crippen LogP contribution < -0.4 is 11.5 Å². The molecule has 0 unspecified atom stereocenters. The van der Waals surface area contributed by atoms with E-state index in [4.69, 9.17) is 11.5 Å². The highest BCUT2D eigenvalue weighted by molar-refractivity contribution is 7.17. The molecule has 0 fully saturated rings. The quantitative estimate of drug-likeness (QED) is 0.829. The first-order chi connectivity index (χ1) is 6.33. The van der Waals surface area contributed by atoms with Gasteiger partial charge in [0.2, 0.25) is 0 Å². The maximum atomic E-state index is 5.89. The second-order valence-electron chi connectivity index (χ2n) is 3.03. The topological polar surface area (TPSA) is 52.0 Å². The Morgan fingerprint density at radius 2 is 2.00 bits per heavy atom. The van der Waals surface area contributed by atoms with Gasteiger partial charge in [-0.25, -0.2) is 0 Å². The second-order valence-corrected chi connectivity index (χ2v) is 3.94. The van der Waals surface area contributed by atoms with Gasteiger partial charge >= 0.3 is 0 Å². The van der Waals surface area contributed by atoms with Crippen LogP contribution >= 0.6 is 23.7 Å². The number of halogens is 1. The lowest BCUT2D eigenvalue weighted by Gasteiger charge is -2.06. The van der Waals surface area contributed by atoms with Gasteiger partial charge in [0.15, 0.2) is 0 Å². The van der Waals surface area contributed by atoms with Gasteiger partial charge in [0, 0.05) is 17.3 Å². The molecule has 0 amide bonds. The van der Waals surface area contributed by atoms with E-state index in [9.17, 15) is 0 Å². The molecule has 0 bridgehead atoms. The molecule has 76 valence electrons. The van der Waals surface area contributed by atoms with E-state index in [0.29, 0.717) is 6.54 Å². The molecule has 2 aromatic rings. The van der Waals surface area contributed by atoms with Crippen molar-refractivity contribution in [1.29, 1.82) is 0 Å². The Bertz CT molecular complexity index is 413. The lowest BCUT2D eigenvalue weighted by Crippen LogP contribution is -2.20. The molecule has 4 heteroatoms. The molecule has 0 aliphatic carbocycles. The summed E-state index contributed by atoms with van der Waals surface area (Å²) in [6.07, 6.45) is 0. The molecule has 4 N–H and O–H groups in total. The van der Waals surface area contributed by atoms with Gasteiger partial charge in [0.1, 0.15) is 0 Å². The van der Waals surface area contributed by atoms with Crippen molar-refractivity contribution in [3.63, 3.8) is 0 Å². The predicted octanol–water partition coefficient (Wildman–Crippen LogP) is 2.28. The predicted molar refractivity (Wildman–Crippen MR) is 65.1 cm³/mol. The summed E-state index contributed by atoms with van der Waals surface area (Å²) in [5.41, 5.74) is 12.6. The number of rotatable bonds is 2. The van der Waals surface area contributed by atoms with E-state index < -0.39 is 0 Å². The van der Waals surface area contributed by atoms with Crippen molar-refractivity contribution in [2.24, 2.45) is 11.5 Å². The van der Waals surface area contributed by atoms with Crippen LogP contribution in [0, 0.1) is 0 Å². The summed E-state index contributed by atoms with van der Waals surface area (Å²) >= 11 is 1.72. The number of hydrogen-bond donors (Lipinski definition) is 2. The minimum Gasteiger partial charge on any atom is -0.329 e. The molecule has 0 aliphatic heterocycles. The van der Waals surface area contributed by atoms with E-state index in [0.717, 1.165) is 0 Å². The highest BCUT2D eigenvalue weighted by Crippen LogP contribution is 2.28. The van der Waals surface area contributed by atoms with Crippen LogP contribution in [-0.2, 0) is 0 Å². The van der Waals surface area contributed by atoms with Crippen LogP contribution in [0.15, 0.2) is 29.6 Å². The molecule has 2 nitrogen and oxygen atoms in total. The van der Waals surface area contributed by atoms with Crippen LogP contribution in [0.5, 0.6) is 0 Å². The molecule has 14 heavy (non-hydrogen) atoms. The first-order valence-electron chi connectivity index (χ1n) is 4.24. The molecule has 0 spiro atoms. The number of fused-ring (bicyclic) bond motifs is 1. The third-order valence-electron chi connectivity index (χ3n) is 2.16. The van der Waals surface area contributed by atoms with Crippen molar-refractivity contribution in [2.75, 3.05) is 6.54 Å². The van der Waals surface area contributed by atoms with Crippen LogP contribution in [0.2, 0.25) is 0 Å². The summed E-state index contributed by atoms with van der Waals surface area (Å²) in [6.45, 7) is 0.501. The molecule has 0 saturated heterocycles. The maximum absolute atomic E-state index is 5.89. The zero-order valence-corrected chi connectivity index (χ0v) is 9.28. The van der Waals surface area contributed by atoms with Crippen LogP contribution in [0.25, 0.3) is 10.1 Å². The first kappa shape index (κ1) is 11.5. The monoisotopic (exact) mass is 228 g/mol. The smallest absolute Gasteiger partial charge is 0.0434 e. The lowest BCUT2D eigenvalue weighted by molar-refractivity contribution is 0.745. The SMILES string of the molecule is Cl.NC[C@H](N)c1csc2ccccc12. The molecule has 1 atom stereocenters. The van der Waals surface area contributed by atoms with Crippen molar-refractivity contribution in [3.05, 3.63) is 35.2 Å². The summed E-state index contributed by atoms with van der Waals surface area (Å²) in [5.74, 6) is 0. The van der Waals surface area contributed by atoms with Crippen molar-refractivity contribution >= 4 is 33.8 Å². The molecule has 0 aliphatic rings. The molecular weight excluding hydrogens is 216 g/mol. The molecular formula is C10H13ClN2S. The van der Waals surface area contributed by atoms with E-state index in [2.05, 4.69) is 17.5 Å². The van der Waals surface area contributed by atoms with Crippen LogP contribution in [0.1, 0.15) is 11.6 Å². The largest absolute Gasteiger partial charge is 0.329 e. The highest BCUT2D eigenvalue weighted by Gasteiger charge is 2.08. The second kappa shape index (κ2) is 4.75. The van der Waals surface area contributed by atoms with E-state index in [1.54, 1.807) is 11.3 Å². The number of hydrogen-bond acceptors (Lipinski definition) is 3. The minimum atomic E-state index is -0.0313. The Labute approximate surface area is 93.3 Å². The van der Waals surface area contributed by atoms with Gasteiger partial charge in [-0.15, -0.1) is 23.7 Å². The normalized spacial score (nSPS) is 12.4. The average Bonchev–Trinajstić information content (AvgIpc) is 2.60. The van der Waals surface area contributed by atoms with Gasteiger partial charge in [-0.1, -0.05) is 18.2 Å². The molecule has 1 aromatic carbocycles. The minimum absolute atomic E-state index is 0. The van der Waals surface area contributed by atoms with E-state index in [1.807, 2.05) is 12.1 Å². The number of nitrogens with two attached hydrogens (primary N) is 2. The molecule has 1 aromatic heterocycles. The van der Waals surface area contributed by atoms with E-state index >= 15 is 0 Å². The molecule has 2 rings (SSSR count). The third-order valence-corrected chi connectivity index (χ3v) is 3.15. The van der Waals surface area contributed by atoms with Crippen LogP contribution in [0.3, 0.4) is 0 Å². The maximum Gasteiger partial charge on any atom is 0.0434 e. The third kappa shape index (κ3) is 1.91. The molecule has 0 radical (unpaired) electrons. The van der Waals surface area contributed by atoms with Crippen molar-refractivity contribution in [1.82, 2.24) is 0 Å². The van der Waals surface area contributed by atoms with Gasteiger partial charge in [-0.05, 0) is 22.4 Å². The summed E-state index contributed by atoms with van der Waals surface area (Å²) in [4.78, 5) is 0. The van der Waals surface area contributed by atoms with Gasteiger partial charge in [0.05, 0.1) is 0 Å². The number of thiophene rings is 1. The summed E-state index contributed by atoms with van der Waals surface area (Å²) in [7, 11) is 0. The Balaban J connectivity index is 0.000000980. The Morgan fingerprint density at radius 3 is 2.71 bits per heavy atom. The first-order valence-corrected chi connectivity index (χ1v) is 5.12. The standard InChI is InChI=1S/C10H12N2S.ClH/c11-5-9(12)8-6-13-10-4-2-1-3-7(8)10;/h1-4,6,9H,5,11-12H2;1H/t9-;/m0./s1. The summed E-state index contributed by atoms with van der Waals surface area (Å²) in [6, 6.07) is 8.23. The van der Waals surface area contributed by atoms with Gasteiger partial charge in [0.25, 0.3) is 0 Å². The molecule has 0 saturated carbocycles. The Hall–Kier alpha value is -0.610. The van der Waals surface area contributed by atoms with E-state index in [1.165, 1.54) is 15.6 Å². The fraction of sp³-hybridized carbons (Fsp3) is 0.200. The molecule has 1 heterocycles. The highest BCUT2D eigenvalue weighted by atomic mass is 35.5. The zero-order chi connectivity index (χ0) is 9.26. The Kier molecular flexibility index (Phi) is 3.89. The summed E-state index contributed by atoms with van der Waals surface area (Å²) < 4.78 is 1.28. The average molecular weight is 229 g/mol. The van der Waals surface area contributed by atoms with Crippen molar-refractivity contribution < 1.29 is 0 Å². The van der Waals surface area contributed by atoms with Gasteiger partial charge < -0.3 is 11.5 Å². The van der Waals surface area contributed by atoms with Crippen LogP contribution in [0.4, 0.5) is 0 Å². The fourth-order valence-corrected chi connectivity index (χ4v) is 2.44. The van der Waals surface area contributed by atoms with Crippen molar-refractivity contribution in [3.8, 4) is 0 Å². The summed E-state index contributed by atoms with van der Waals surface area (Å²) in [5, 5.41) is 3.34. The lowest BCUT2D eigenvalue weighted by atomic mass is 10.1. The van der Waals surface area contributed by atoms with E-state index in [-0.39, 0.29) is 18.4 Å².